The second-order valence-corrected chi connectivity index (χ2v) is 5.14. The lowest BCUT2D eigenvalue weighted by atomic mass is 10.3. The molecule has 0 aromatic heterocycles. The topological polar surface area (TPSA) is 12.5 Å². The van der Waals surface area contributed by atoms with Crippen LogP contribution in [0.5, 0.6) is 5.75 Å². The number of likely N-dealkylation sites (tertiary alicyclic amines) is 1. The predicted molar refractivity (Wildman–Crippen MR) is 70.3 cm³/mol. The highest BCUT2D eigenvalue weighted by molar-refractivity contribution is 14.1. The molecule has 0 N–H and O–H groups in total. The highest BCUT2D eigenvalue weighted by Gasteiger charge is 2.10. The Labute approximate surface area is 109 Å². The van der Waals surface area contributed by atoms with Crippen molar-refractivity contribution in [3.63, 3.8) is 0 Å². The summed E-state index contributed by atoms with van der Waals surface area (Å²) in [5, 5.41) is 0. The number of ether oxygens (including phenoxy) is 1. The summed E-state index contributed by atoms with van der Waals surface area (Å²) in [6, 6.07) is 5.00. The van der Waals surface area contributed by atoms with Crippen molar-refractivity contribution < 1.29 is 9.13 Å². The standard InChI is InChI=1S/C12H15FINO/c13-11-9-10(3-4-12(11)14)16-8-7-15-5-1-2-6-15/h3-4,9H,1-2,5-8H2. The highest BCUT2D eigenvalue weighted by Crippen LogP contribution is 2.18. The predicted octanol–water partition coefficient (Wildman–Crippen LogP) is 2.90. The second kappa shape index (κ2) is 5.82. The van der Waals surface area contributed by atoms with Crippen LogP contribution in [0.15, 0.2) is 18.2 Å². The number of rotatable bonds is 4. The molecule has 1 saturated heterocycles. The quantitative estimate of drug-likeness (QED) is 0.785. The van der Waals surface area contributed by atoms with Gasteiger partial charge in [-0.05, 0) is 60.7 Å². The molecule has 0 saturated carbocycles. The Morgan fingerprint density at radius 2 is 2.06 bits per heavy atom. The molecule has 88 valence electrons. The molecule has 1 aromatic rings. The lowest BCUT2D eigenvalue weighted by molar-refractivity contribution is 0.237. The summed E-state index contributed by atoms with van der Waals surface area (Å²) in [7, 11) is 0. The zero-order valence-corrected chi connectivity index (χ0v) is 11.2. The van der Waals surface area contributed by atoms with E-state index in [1.54, 1.807) is 6.07 Å². The lowest BCUT2D eigenvalue weighted by Gasteiger charge is -2.14. The minimum absolute atomic E-state index is 0.209. The third kappa shape index (κ3) is 3.31. The second-order valence-electron chi connectivity index (χ2n) is 3.97. The van der Waals surface area contributed by atoms with Gasteiger partial charge in [0.1, 0.15) is 18.2 Å². The van der Waals surface area contributed by atoms with Gasteiger partial charge in [0, 0.05) is 16.2 Å². The molecule has 0 unspecified atom stereocenters. The van der Waals surface area contributed by atoms with Gasteiger partial charge in [0.25, 0.3) is 0 Å². The molecule has 1 aliphatic heterocycles. The SMILES string of the molecule is Fc1cc(OCCN2CCCC2)ccc1I. The van der Waals surface area contributed by atoms with Gasteiger partial charge in [-0.1, -0.05) is 0 Å². The third-order valence-corrected chi connectivity index (χ3v) is 3.64. The van der Waals surface area contributed by atoms with E-state index in [0.717, 1.165) is 6.54 Å². The minimum atomic E-state index is -0.209. The van der Waals surface area contributed by atoms with Crippen molar-refractivity contribution in [3.05, 3.63) is 27.6 Å². The average molecular weight is 335 g/mol. The van der Waals surface area contributed by atoms with Crippen LogP contribution in [0.4, 0.5) is 4.39 Å². The van der Waals surface area contributed by atoms with Gasteiger partial charge < -0.3 is 4.74 Å². The van der Waals surface area contributed by atoms with Crippen molar-refractivity contribution in [1.82, 2.24) is 4.90 Å². The van der Waals surface area contributed by atoms with E-state index in [-0.39, 0.29) is 5.82 Å². The molecule has 0 bridgehead atoms. The first-order valence-electron chi connectivity index (χ1n) is 5.56. The van der Waals surface area contributed by atoms with E-state index >= 15 is 0 Å². The molecule has 2 nitrogen and oxygen atoms in total. The number of hydrogen-bond acceptors (Lipinski definition) is 2. The van der Waals surface area contributed by atoms with Gasteiger partial charge in [-0.3, -0.25) is 4.90 Å². The van der Waals surface area contributed by atoms with Gasteiger partial charge in [0.15, 0.2) is 0 Å². The zero-order chi connectivity index (χ0) is 11.4. The molecule has 0 spiro atoms. The van der Waals surface area contributed by atoms with E-state index in [9.17, 15) is 4.39 Å². The normalized spacial score (nSPS) is 16.6. The number of hydrogen-bond donors (Lipinski definition) is 0. The third-order valence-electron chi connectivity index (χ3n) is 2.77. The van der Waals surface area contributed by atoms with Crippen LogP contribution in [0.25, 0.3) is 0 Å². The maximum Gasteiger partial charge on any atom is 0.140 e. The molecule has 0 radical (unpaired) electrons. The molecular weight excluding hydrogens is 320 g/mol. The zero-order valence-electron chi connectivity index (χ0n) is 9.09. The van der Waals surface area contributed by atoms with Crippen LogP contribution < -0.4 is 4.74 Å². The molecule has 1 heterocycles. The number of halogens is 2. The molecular formula is C12H15FINO. The van der Waals surface area contributed by atoms with Crippen LogP contribution in [0, 0.1) is 9.39 Å². The maximum absolute atomic E-state index is 13.2. The van der Waals surface area contributed by atoms with Crippen LogP contribution in [0.3, 0.4) is 0 Å². The summed E-state index contributed by atoms with van der Waals surface area (Å²) in [4.78, 5) is 2.38. The van der Waals surface area contributed by atoms with Crippen LogP contribution in [0.1, 0.15) is 12.8 Å². The van der Waals surface area contributed by atoms with E-state index in [2.05, 4.69) is 4.90 Å². The monoisotopic (exact) mass is 335 g/mol. The van der Waals surface area contributed by atoms with E-state index < -0.39 is 0 Å². The number of nitrogens with zero attached hydrogens (tertiary/aromatic N) is 1. The van der Waals surface area contributed by atoms with Gasteiger partial charge in [0.05, 0.1) is 0 Å². The van der Waals surface area contributed by atoms with E-state index in [4.69, 9.17) is 4.74 Å². The van der Waals surface area contributed by atoms with Crippen molar-refractivity contribution in [3.8, 4) is 5.75 Å². The summed E-state index contributed by atoms with van der Waals surface area (Å²) >= 11 is 1.97. The van der Waals surface area contributed by atoms with E-state index in [1.165, 1.54) is 32.0 Å². The first-order chi connectivity index (χ1) is 7.75. The summed E-state index contributed by atoms with van der Waals surface area (Å²) in [6.45, 7) is 3.92. The van der Waals surface area contributed by atoms with Crippen LogP contribution in [-0.2, 0) is 0 Å². The first-order valence-corrected chi connectivity index (χ1v) is 6.64. The molecule has 0 aliphatic carbocycles. The Kier molecular flexibility index (Phi) is 4.40. The van der Waals surface area contributed by atoms with E-state index in [0.29, 0.717) is 15.9 Å². The Morgan fingerprint density at radius 1 is 1.31 bits per heavy atom. The smallest absolute Gasteiger partial charge is 0.140 e. The summed E-state index contributed by atoms with van der Waals surface area (Å²) in [5.74, 6) is 0.413. The summed E-state index contributed by atoms with van der Waals surface area (Å²) in [5.41, 5.74) is 0. The molecule has 0 amide bonds. The Hall–Kier alpha value is -0.360. The number of benzene rings is 1. The van der Waals surface area contributed by atoms with Crippen molar-refractivity contribution >= 4 is 22.6 Å². The average Bonchev–Trinajstić information content (AvgIpc) is 2.76. The van der Waals surface area contributed by atoms with Crippen LogP contribution in [-0.4, -0.2) is 31.1 Å². The van der Waals surface area contributed by atoms with Gasteiger partial charge in [-0.15, -0.1) is 0 Å². The van der Waals surface area contributed by atoms with Gasteiger partial charge in [-0.2, -0.15) is 0 Å². The Bertz CT molecular complexity index is 353. The van der Waals surface area contributed by atoms with Crippen molar-refractivity contribution in [1.29, 1.82) is 0 Å². The van der Waals surface area contributed by atoms with Crippen molar-refractivity contribution in [2.45, 2.75) is 12.8 Å². The van der Waals surface area contributed by atoms with Gasteiger partial charge in [0.2, 0.25) is 0 Å². The van der Waals surface area contributed by atoms with Crippen molar-refractivity contribution in [2.24, 2.45) is 0 Å². The van der Waals surface area contributed by atoms with Crippen molar-refractivity contribution in [2.75, 3.05) is 26.2 Å². The molecule has 0 atom stereocenters. The molecule has 16 heavy (non-hydrogen) atoms. The van der Waals surface area contributed by atoms with Crippen LogP contribution in [0.2, 0.25) is 0 Å². The highest BCUT2D eigenvalue weighted by atomic mass is 127. The fourth-order valence-corrected chi connectivity index (χ4v) is 2.20. The summed E-state index contributed by atoms with van der Waals surface area (Å²) < 4.78 is 19.4. The fraction of sp³-hybridized carbons (Fsp3) is 0.500. The molecule has 4 heteroatoms. The Balaban J connectivity index is 1.78. The Morgan fingerprint density at radius 3 is 2.75 bits per heavy atom. The maximum atomic E-state index is 13.2. The van der Waals surface area contributed by atoms with E-state index in [1.807, 2.05) is 28.7 Å². The summed E-state index contributed by atoms with van der Waals surface area (Å²) in [6.07, 6.45) is 2.58. The molecule has 2 rings (SSSR count). The molecule has 1 aromatic carbocycles. The van der Waals surface area contributed by atoms with Gasteiger partial charge >= 0.3 is 0 Å². The first kappa shape index (κ1) is 12.1. The minimum Gasteiger partial charge on any atom is -0.492 e. The van der Waals surface area contributed by atoms with Gasteiger partial charge in [-0.25, -0.2) is 4.39 Å². The fourth-order valence-electron chi connectivity index (χ4n) is 1.87. The molecule has 1 fully saturated rings. The molecule has 1 aliphatic rings. The van der Waals surface area contributed by atoms with Crippen LogP contribution >= 0.6 is 22.6 Å². The lowest BCUT2D eigenvalue weighted by Crippen LogP contribution is -2.25. The largest absolute Gasteiger partial charge is 0.492 e.